The lowest BCUT2D eigenvalue weighted by atomic mass is 10.3. The third-order valence-corrected chi connectivity index (χ3v) is 4.15. The number of rotatable bonds is 4. The van der Waals surface area contributed by atoms with Crippen LogP contribution in [0.1, 0.15) is 6.92 Å². The molecule has 0 saturated heterocycles. The van der Waals surface area contributed by atoms with Gasteiger partial charge in [0.1, 0.15) is 0 Å². The van der Waals surface area contributed by atoms with Gasteiger partial charge in [-0.15, -0.1) is 0 Å². The summed E-state index contributed by atoms with van der Waals surface area (Å²) < 4.78 is 27.7. The molecule has 0 aliphatic carbocycles. The highest BCUT2D eigenvalue weighted by atomic mass is 35.5. The van der Waals surface area contributed by atoms with Gasteiger partial charge in [-0.25, -0.2) is 17.8 Å². The summed E-state index contributed by atoms with van der Waals surface area (Å²) in [5.41, 5.74) is 0.528. The van der Waals surface area contributed by atoms with E-state index in [4.69, 9.17) is 11.6 Å². The fourth-order valence-electron chi connectivity index (χ4n) is 1.56. The van der Waals surface area contributed by atoms with Crippen LogP contribution in [-0.2, 0) is 10.0 Å². The smallest absolute Gasteiger partial charge is 0.219 e. The average Bonchev–Trinajstić information content (AvgIpc) is 2.79. The van der Waals surface area contributed by atoms with Gasteiger partial charge in [0.05, 0.1) is 16.9 Å². The van der Waals surface area contributed by atoms with Crippen LogP contribution in [0.4, 0.5) is 0 Å². The molecule has 0 saturated carbocycles. The molecule has 1 heterocycles. The van der Waals surface area contributed by atoms with Crippen LogP contribution >= 0.6 is 11.6 Å². The summed E-state index contributed by atoms with van der Waals surface area (Å²) in [7, 11) is -3.57. The van der Waals surface area contributed by atoms with Crippen molar-refractivity contribution >= 4 is 21.6 Å². The van der Waals surface area contributed by atoms with Crippen molar-refractivity contribution in [1.82, 2.24) is 14.5 Å². The maximum absolute atomic E-state index is 12.0. The van der Waals surface area contributed by atoms with Crippen molar-refractivity contribution < 1.29 is 8.42 Å². The summed E-state index contributed by atoms with van der Waals surface area (Å²) in [5.74, 6) is 0. The van der Waals surface area contributed by atoms with Gasteiger partial charge in [-0.3, -0.25) is 0 Å². The van der Waals surface area contributed by atoms with E-state index in [-0.39, 0.29) is 5.03 Å². The number of nitrogens with zero attached hydrogens (tertiary/aromatic N) is 2. The SMILES string of the molecule is CCNS(=O)(=O)c1ccnn1-c1ccccc1Cl. The summed E-state index contributed by atoms with van der Waals surface area (Å²) in [6.45, 7) is 2.03. The van der Waals surface area contributed by atoms with Crippen LogP contribution in [0.15, 0.2) is 41.6 Å². The first-order valence-corrected chi connectivity index (χ1v) is 7.21. The van der Waals surface area contributed by atoms with Crippen LogP contribution in [0.2, 0.25) is 5.02 Å². The van der Waals surface area contributed by atoms with E-state index in [0.717, 1.165) is 0 Å². The molecule has 2 aromatic rings. The van der Waals surface area contributed by atoms with E-state index in [2.05, 4.69) is 9.82 Å². The first kappa shape index (κ1) is 13.1. The third kappa shape index (κ3) is 2.40. The molecule has 0 unspecified atom stereocenters. The fourth-order valence-corrected chi connectivity index (χ4v) is 2.92. The molecule has 0 aliphatic heterocycles. The van der Waals surface area contributed by atoms with Crippen LogP contribution in [-0.4, -0.2) is 24.7 Å². The summed E-state index contributed by atoms with van der Waals surface area (Å²) >= 11 is 6.04. The topological polar surface area (TPSA) is 64.0 Å². The Kier molecular flexibility index (Phi) is 3.70. The maximum atomic E-state index is 12.0. The largest absolute Gasteiger partial charge is 0.258 e. The lowest BCUT2D eigenvalue weighted by molar-refractivity contribution is 0.573. The summed E-state index contributed by atoms with van der Waals surface area (Å²) in [4.78, 5) is 0. The van der Waals surface area contributed by atoms with Crippen LogP contribution < -0.4 is 4.72 Å². The highest BCUT2D eigenvalue weighted by molar-refractivity contribution is 7.89. The molecular formula is C11H12ClN3O2S. The summed E-state index contributed by atoms with van der Waals surface area (Å²) in [6.07, 6.45) is 1.42. The van der Waals surface area contributed by atoms with Gasteiger partial charge in [0.25, 0.3) is 10.0 Å². The number of halogens is 1. The Morgan fingerprint density at radius 3 is 2.72 bits per heavy atom. The monoisotopic (exact) mass is 285 g/mol. The van der Waals surface area contributed by atoms with E-state index in [1.807, 2.05) is 0 Å². The Balaban J connectivity index is 2.56. The molecule has 18 heavy (non-hydrogen) atoms. The molecule has 1 aromatic heterocycles. The first-order chi connectivity index (χ1) is 8.56. The van der Waals surface area contributed by atoms with Crippen molar-refractivity contribution in [3.05, 3.63) is 41.6 Å². The second-order valence-electron chi connectivity index (χ2n) is 3.53. The van der Waals surface area contributed by atoms with Gasteiger partial charge in [0.15, 0.2) is 5.03 Å². The highest BCUT2D eigenvalue weighted by Crippen LogP contribution is 2.22. The second-order valence-corrected chi connectivity index (χ2v) is 5.66. The molecule has 0 radical (unpaired) electrons. The van der Waals surface area contributed by atoms with Crippen molar-refractivity contribution in [1.29, 1.82) is 0 Å². The van der Waals surface area contributed by atoms with Gasteiger partial charge in [0, 0.05) is 6.54 Å². The Morgan fingerprint density at radius 1 is 1.33 bits per heavy atom. The lowest BCUT2D eigenvalue weighted by Gasteiger charge is -2.09. The fraction of sp³-hybridized carbons (Fsp3) is 0.182. The molecule has 5 nitrogen and oxygen atoms in total. The molecule has 0 bridgehead atoms. The standard InChI is InChI=1S/C11H12ClN3O2S/c1-2-14-18(16,17)11-7-8-13-15(11)10-6-4-3-5-9(10)12/h3-8,14H,2H2,1H3. The predicted molar refractivity (Wildman–Crippen MR) is 69.4 cm³/mol. The van der Waals surface area contributed by atoms with E-state index in [9.17, 15) is 8.42 Å². The quantitative estimate of drug-likeness (QED) is 0.932. The van der Waals surface area contributed by atoms with Crippen molar-refractivity contribution in [2.45, 2.75) is 11.9 Å². The Bertz CT molecular complexity index is 652. The van der Waals surface area contributed by atoms with Gasteiger partial charge >= 0.3 is 0 Å². The zero-order valence-electron chi connectivity index (χ0n) is 9.67. The van der Waals surface area contributed by atoms with Crippen molar-refractivity contribution in [3.63, 3.8) is 0 Å². The number of para-hydroxylation sites is 1. The first-order valence-electron chi connectivity index (χ1n) is 5.35. The van der Waals surface area contributed by atoms with E-state index < -0.39 is 10.0 Å². The average molecular weight is 286 g/mol. The van der Waals surface area contributed by atoms with Gasteiger partial charge < -0.3 is 0 Å². The minimum absolute atomic E-state index is 0.0671. The van der Waals surface area contributed by atoms with Crippen LogP contribution in [0.5, 0.6) is 0 Å². The lowest BCUT2D eigenvalue weighted by Crippen LogP contribution is -2.25. The second kappa shape index (κ2) is 5.09. The molecule has 96 valence electrons. The van der Waals surface area contributed by atoms with Crippen LogP contribution in [0.3, 0.4) is 0 Å². The molecule has 0 atom stereocenters. The van der Waals surface area contributed by atoms with E-state index in [0.29, 0.717) is 17.3 Å². The van der Waals surface area contributed by atoms with Gasteiger partial charge in [-0.05, 0) is 18.2 Å². The summed E-state index contributed by atoms with van der Waals surface area (Å²) in [5, 5.41) is 4.51. The van der Waals surface area contributed by atoms with Gasteiger partial charge in [0.2, 0.25) is 0 Å². The van der Waals surface area contributed by atoms with Crippen LogP contribution in [0, 0.1) is 0 Å². The third-order valence-electron chi connectivity index (χ3n) is 2.30. The molecule has 0 aliphatic rings. The molecule has 1 N–H and O–H groups in total. The Labute approximate surface area is 110 Å². The molecule has 0 amide bonds. The number of aromatic nitrogens is 2. The summed E-state index contributed by atoms with van der Waals surface area (Å²) in [6, 6.07) is 8.37. The van der Waals surface area contributed by atoms with E-state index in [1.165, 1.54) is 16.9 Å². The number of hydrogen-bond donors (Lipinski definition) is 1. The zero-order chi connectivity index (χ0) is 13.2. The molecule has 2 rings (SSSR count). The van der Waals surface area contributed by atoms with E-state index >= 15 is 0 Å². The molecule has 0 spiro atoms. The van der Waals surface area contributed by atoms with Crippen LogP contribution in [0.25, 0.3) is 5.69 Å². The minimum atomic E-state index is -3.57. The molecule has 0 fully saturated rings. The normalized spacial score (nSPS) is 11.7. The maximum Gasteiger partial charge on any atom is 0.258 e. The highest BCUT2D eigenvalue weighted by Gasteiger charge is 2.20. The van der Waals surface area contributed by atoms with Gasteiger partial charge in [-0.2, -0.15) is 5.10 Å². The predicted octanol–water partition coefficient (Wildman–Crippen LogP) is 1.82. The van der Waals surface area contributed by atoms with E-state index in [1.54, 1.807) is 31.2 Å². The number of benzene rings is 1. The van der Waals surface area contributed by atoms with Gasteiger partial charge in [-0.1, -0.05) is 30.7 Å². The zero-order valence-corrected chi connectivity index (χ0v) is 11.2. The number of hydrogen-bond acceptors (Lipinski definition) is 3. The number of sulfonamides is 1. The van der Waals surface area contributed by atoms with Crippen molar-refractivity contribution in [3.8, 4) is 5.69 Å². The minimum Gasteiger partial charge on any atom is -0.219 e. The Hall–Kier alpha value is -1.37. The van der Waals surface area contributed by atoms with Crippen molar-refractivity contribution in [2.75, 3.05) is 6.54 Å². The Morgan fingerprint density at radius 2 is 2.06 bits per heavy atom. The molecular weight excluding hydrogens is 274 g/mol. The van der Waals surface area contributed by atoms with Crippen molar-refractivity contribution in [2.24, 2.45) is 0 Å². The molecule has 1 aromatic carbocycles. The molecule has 7 heteroatoms. The number of nitrogens with one attached hydrogen (secondary N) is 1.